The normalized spacial score (nSPS) is 14.4. The van der Waals surface area contributed by atoms with Crippen LogP contribution in [0.1, 0.15) is 20.8 Å². The molecule has 0 aliphatic rings. The van der Waals surface area contributed by atoms with Crippen LogP contribution in [0.3, 0.4) is 0 Å². The molecule has 0 N–H and O–H groups in total. The van der Waals surface area contributed by atoms with Crippen LogP contribution in [0.25, 0.3) is 0 Å². The van der Waals surface area contributed by atoms with Crippen LogP contribution in [0.15, 0.2) is 53.2 Å². The molecule has 0 bridgehead atoms. The van der Waals surface area contributed by atoms with Crippen LogP contribution in [0.2, 0.25) is 0 Å². The average Bonchev–Trinajstić information content (AvgIpc) is 2.14. The van der Waals surface area contributed by atoms with E-state index < -0.39 is 0 Å². The van der Waals surface area contributed by atoms with Gasteiger partial charge in [0, 0.05) is 6.21 Å². The van der Waals surface area contributed by atoms with Crippen molar-refractivity contribution in [3.63, 3.8) is 0 Å². The maximum Gasteiger partial charge on any atom is 0.0694 e. The van der Waals surface area contributed by atoms with E-state index in [-0.39, 0.29) is 0 Å². The van der Waals surface area contributed by atoms with E-state index in [0.29, 0.717) is 0 Å². The van der Waals surface area contributed by atoms with E-state index in [1.165, 1.54) is 0 Å². The predicted octanol–water partition coefficient (Wildman–Crippen LogP) is 3.67. The Morgan fingerprint density at radius 1 is 1.08 bits per heavy atom. The van der Waals surface area contributed by atoms with Gasteiger partial charge in [0.1, 0.15) is 0 Å². The standard InChI is InChI=1S/C12H17N/c1-5-9-11(7-3)12(10-6-2)13-8-4/h5-10H,3H2,1-2,4H3/b9-5-,10-6-,12-11+,13-8-. The Morgan fingerprint density at radius 3 is 2.08 bits per heavy atom. The second kappa shape index (κ2) is 7.29. The SMILES string of the molecule is C=CC(/C=C\C)=C(/C=C\C)\N=C/C. The van der Waals surface area contributed by atoms with Crippen LogP contribution in [0.5, 0.6) is 0 Å². The third kappa shape index (κ3) is 4.26. The van der Waals surface area contributed by atoms with Crippen molar-refractivity contribution in [3.8, 4) is 0 Å². The van der Waals surface area contributed by atoms with Gasteiger partial charge in [0.25, 0.3) is 0 Å². The minimum Gasteiger partial charge on any atom is -0.261 e. The van der Waals surface area contributed by atoms with Gasteiger partial charge in [-0.05, 0) is 32.4 Å². The molecule has 0 heterocycles. The summed E-state index contributed by atoms with van der Waals surface area (Å²) in [5, 5.41) is 0. The first-order valence-corrected chi connectivity index (χ1v) is 4.40. The van der Waals surface area contributed by atoms with Gasteiger partial charge in [-0.1, -0.05) is 30.9 Å². The van der Waals surface area contributed by atoms with Crippen molar-refractivity contribution in [2.75, 3.05) is 0 Å². The Kier molecular flexibility index (Phi) is 6.52. The summed E-state index contributed by atoms with van der Waals surface area (Å²) >= 11 is 0. The summed E-state index contributed by atoms with van der Waals surface area (Å²) < 4.78 is 0. The Morgan fingerprint density at radius 2 is 1.69 bits per heavy atom. The van der Waals surface area contributed by atoms with E-state index in [0.717, 1.165) is 11.3 Å². The van der Waals surface area contributed by atoms with Gasteiger partial charge >= 0.3 is 0 Å². The highest BCUT2D eigenvalue weighted by Crippen LogP contribution is 2.10. The number of hydrogen-bond acceptors (Lipinski definition) is 1. The maximum absolute atomic E-state index is 4.25. The summed E-state index contributed by atoms with van der Waals surface area (Å²) in [6.45, 7) is 9.60. The van der Waals surface area contributed by atoms with Crippen LogP contribution < -0.4 is 0 Å². The van der Waals surface area contributed by atoms with Crippen molar-refractivity contribution in [3.05, 3.63) is 48.2 Å². The zero-order chi connectivity index (χ0) is 10.1. The third-order valence-electron chi connectivity index (χ3n) is 1.45. The fraction of sp³-hybridized carbons (Fsp3) is 0.250. The van der Waals surface area contributed by atoms with Crippen LogP contribution in [0, 0.1) is 0 Å². The van der Waals surface area contributed by atoms with Crippen molar-refractivity contribution < 1.29 is 0 Å². The van der Waals surface area contributed by atoms with Crippen LogP contribution in [0.4, 0.5) is 0 Å². The smallest absolute Gasteiger partial charge is 0.0694 e. The predicted molar refractivity (Wildman–Crippen MR) is 61.0 cm³/mol. The lowest BCUT2D eigenvalue weighted by Crippen LogP contribution is -1.80. The molecular formula is C12H17N. The zero-order valence-corrected chi connectivity index (χ0v) is 8.62. The summed E-state index contributed by atoms with van der Waals surface area (Å²) in [6, 6.07) is 0. The fourth-order valence-electron chi connectivity index (χ4n) is 0.948. The molecule has 13 heavy (non-hydrogen) atoms. The maximum atomic E-state index is 4.25. The van der Waals surface area contributed by atoms with E-state index >= 15 is 0 Å². The number of aliphatic imine (C=N–C) groups is 1. The van der Waals surface area contributed by atoms with E-state index in [1.54, 1.807) is 6.21 Å². The van der Waals surface area contributed by atoms with Crippen molar-refractivity contribution in [1.29, 1.82) is 0 Å². The lowest BCUT2D eigenvalue weighted by atomic mass is 10.2. The van der Waals surface area contributed by atoms with Crippen molar-refractivity contribution >= 4 is 6.21 Å². The Balaban J connectivity index is 5.10. The molecule has 0 amide bonds. The average molecular weight is 175 g/mol. The topological polar surface area (TPSA) is 12.4 Å². The highest BCUT2D eigenvalue weighted by molar-refractivity contribution is 5.57. The molecule has 0 aromatic rings. The van der Waals surface area contributed by atoms with E-state index in [2.05, 4.69) is 11.6 Å². The molecule has 0 aliphatic heterocycles. The molecule has 0 rings (SSSR count). The Hall–Kier alpha value is -1.37. The quantitative estimate of drug-likeness (QED) is 0.456. The second-order valence-corrected chi connectivity index (χ2v) is 2.43. The highest BCUT2D eigenvalue weighted by Gasteiger charge is 1.92. The molecule has 1 nitrogen and oxygen atoms in total. The lowest BCUT2D eigenvalue weighted by Gasteiger charge is -1.98. The molecule has 0 saturated carbocycles. The van der Waals surface area contributed by atoms with Crippen molar-refractivity contribution in [2.45, 2.75) is 20.8 Å². The highest BCUT2D eigenvalue weighted by atomic mass is 14.7. The van der Waals surface area contributed by atoms with Crippen LogP contribution >= 0.6 is 0 Å². The Bertz CT molecular complexity index is 251. The molecular weight excluding hydrogens is 158 g/mol. The van der Waals surface area contributed by atoms with Crippen molar-refractivity contribution in [1.82, 2.24) is 0 Å². The first-order chi connectivity index (χ1) is 6.29. The van der Waals surface area contributed by atoms with Gasteiger partial charge in [-0.3, -0.25) is 4.99 Å². The first kappa shape index (κ1) is 11.6. The fourth-order valence-corrected chi connectivity index (χ4v) is 0.948. The lowest BCUT2D eigenvalue weighted by molar-refractivity contribution is 1.36. The molecule has 0 fully saturated rings. The number of nitrogens with zero attached hydrogens (tertiary/aromatic N) is 1. The number of allylic oxidation sites excluding steroid dienone is 6. The first-order valence-electron chi connectivity index (χ1n) is 4.40. The molecule has 0 radical (unpaired) electrons. The van der Waals surface area contributed by atoms with Gasteiger partial charge < -0.3 is 0 Å². The molecule has 0 aliphatic carbocycles. The molecule has 0 saturated heterocycles. The minimum atomic E-state index is 0.943. The molecule has 0 spiro atoms. The van der Waals surface area contributed by atoms with Gasteiger partial charge in [0.15, 0.2) is 0 Å². The van der Waals surface area contributed by atoms with Crippen molar-refractivity contribution in [2.24, 2.45) is 4.99 Å². The van der Waals surface area contributed by atoms with Crippen LogP contribution in [-0.2, 0) is 0 Å². The van der Waals surface area contributed by atoms with Gasteiger partial charge in [-0.25, -0.2) is 0 Å². The largest absolute Gasteiger partial charge is 0.261 e. The summed E-state index contributed by atoms with van der Waals surface area (Å²) in [6.07, 6.45) is 11.5. The molecule has 0 aromatic heterocycles. The summed E-state index contributed by atoms with van der Waals surface area (Å²) in [5.74, 6) is 0. The van der Waals surface area contributed by atoms with Gasteiger partial charge in [-0.15, -0.1) is 0 Å². The van der Waals surface area contributed by atoms with Crippen LogP contribution in [-0.4, -0.2) is 6.21 Å². The van der Waals surface area contributed by atoms with Gasteiger partial charge in [-0.2, -0.15) is 0 Å². The molecule has 0 aromatic carbocycles. The summed E-state index contributed by atoms with van der Waals surface area (Å²) in [5.41, 5.74) is 1.98. The number of rotatable bonds is 4. The van der Waals surface area contributed by atoms with E-state index in [1.807, 2.05) is 51.2 Å². The molecule has 1 heteroatoms. The van der Waals surface area contributed by atoms with E-state index in [4.69, 9.17) is 0 Å². The summed E-state index contributed by atoms with van der Waals surface area (Å²) in [4.78, 5) is 4.25. The zero-order valence-electron chi connectivity index (χ0n) is 8.62. The molecule has 70 valence electrons. The third-order valence-corrected chi connectivity index (χ3v) is 1.45. The monoisotopic (exact) mass is 175 g/mol. The molecule has 0 unspecified atom stereocenters. The number of hydrogen-bond donors (Lipinski definition) is 0. The van der Waals surface area contributed by atoms with Gasteiger partial charge in [0.05, 0.1) is 5.70 Å². The van der Waals surface area contributed by atoms with E-state index in [9.17, 15) is 0 Å². The summed E-state index contributed by atoms with van der Waals surface area (Å²) in [7, 11) is 0. The minimum absolute atomic E-state index is 0.943. The second-order valence-electron chi connectivity index (χ2n) is 2.43. The molecule has 0 atom stereocenters. The Labute approximate surface area is 80.9 Å². The van der Waals surface area contributed by atoms with Gasteiger partial charge in [0.2, 0.25) is 0 Å².